The Morgan fingerprint density at radius 3 is 2.65 bits per heavy atom. The van der Waals surface area contributed by atoms with Gasteiger partial charge in [-0.1, -0.05) is 29.3 Å². The van der Waals surface area contributed by atoms with Crippen LogP contribution in [0, 0.1) is 5.41 Å². The molecule has 0 unspecified atom stereocenters. The highest BCUT2D eigenvalue weighted by Gasteiger charge is 2.04. The van der Waals surface area contributed by atoms with Crippen LogP contribution >= 0.6 is 35.0 Å². The standard InChI is InChI=1S/C14H15Cl2NO2S/c1-2-19-14(18)8-9-20-13(17)7-6-10-11(15)4-3-5-12(10)16/h3-7,17H,2,8-9H2,1H3/b7-6+,17-13?. The minimum absolute atomic E-state index is 0.245. The third-order valence-electron chi connectivity index (χ3n) is 2.27. The molecule has 3 nitrogen and oxygen atoms in total. The maximum atomic E-state index is 11.1. The van der Waals surface area contributed by atoms with Gasteiger partial charge in [0.25, 0.3) is 0 Å². The number of hydrogen-bond acceptors (Lipinski definition) is 4. The SMILES string of the molecule is CCOC(=O)CCSC(=N)/C=C/c1c(Cl)cccc1Cl. The number of benzene rings is 1. The fourth-order valence-electron chi connectivity index (χ4n) is 1.35. The molecule has 0 bridgehead atoms. The predicted molar refractivity (Wildman–Crippen MR) is 86.9 cm³/mol. The van der Waals surface area contributed by atoms with Gasteiger partial charge in [-0.15, -0.1) is 11.8 Å². The second-order valence-electron chi connectivity index (χ2n) is 3.74. The second-order valence-corrected chi connectivity index (χ2v) is 5.69. The van der Waals surface area contributed by atoms with Crippen LogP contribution in [-0.2, 0) is 9.53 Å². The Balaban J connectivity index is 2.46. The summed E-state index contributed by atoms with van der Waals surface area (Å²) in [7, 11) is 0. The lowest BCUT2D eigenvalue weighted by Gasteiger charge is -2.02. The van der Waals surface area contributed by atoms with Crippen molar-refractivity contribution in [2.45, 2.75) is 13.3 Å². The van der Waals surface area contributed by atoms with E-state index in [1.165, 1.54) is 11.8 Å². The third kappa shape index (κ3) is 5.99. The Bertz CT molecular complexity index is 498. The largest absolute Gasteiger partial charge is 0.466 e. The lowest BCUT2D eigenvalue weighted by atomic mass is 10.2. The number of thioether (sulfide) groups is 1. The topological polar surface area (TPSA) is 50.2 Å². The van der Waals surface area contributed by atoms with Crippen LogP contribution < -0.4 is 0 Å². The van der Waals surface area contributed by atoms with E-state index in [4.69, 9.17) is 33.3 Å². The van der Waals surface area contributed by atoms with Crippen LogP contribution in [0.3, 0.4) is 0 Å². The lowest BCUT2D eigenvalue weighted by molar-refractivity contribution is -0.142. The molecular weight excluding hydrogens is 317 g/mol. The minimum Gasteiger partial charge on any atom is -0.466 e. The molecule has 6 heteroatoms. The molecule has 1 aromatic rings. The second kappa shape index (κ2) is 9.06. The number of esters is 1. The number of hydrogen-bond donors (Lipinski definition) is 1. The van der Waals surface area contributed by atoms with E-state index in [1.807, 2.05) is 0 Å². The van der Waals surface area contributed by atoms with Crippen LogP contribution in [0.2, 0.25) is 10.0 Å². The number of rotatable bonds is 6. The van der Waals surface area contributed by atoms with E-state index < -0.39 is 0 Å². The molecule has 1 N–H and O–H groups in total. The van der Waals surface area contributed by atoms with Crippen molar-refractivity contribution in [3.63, 3.8) is 0 Å². The lowest BCUT2D eigenvalue weighted by Crippen LogP contribution is -2.05. The van der Waals surface area contributed by atoms with Crippen molar-refractivity contribution in [3.05, 3.63) is 39.9 Å². The Labute approximate surface area is 132 Å². The monoisotopic (exact) mass is 331 g/mol. The van der Waals surface area contributed by atoms with E-state index in [2.05, 4.69) is 0 Å². The Morgan fingerprint density at radius 1 is 1.40 bits per heavy atom. The summed E-state index contributed by atoms with van der Waals surface area (Å²) < 4.78 is 4.81. The molecular formula is C14H15Cl2NO2S. The van der Waals surface area contributed by atoms with Gasteiger partial charge in [0, 0.05) is 21.4 Å². The number of nitrogens with one attached hydrogen (secondary N) is 1. The van der Waals surface area contributed by atoms with Crippen molar-refractivity contribution in [2.75, 3.05) is 12.4 Å². The van der Waals surface area contributed by atoms with Crippen molar-refractivity contribution in [1.82, 2.24) is 0 Å². The Kier molecular flexibility index (Phi) is 7.73. The van der Waals surface area contributed by atoms with Gasteiger partial charge in [0.15, 0.2) is 0 Å². The summed E-state index contributed by atoms with van der Waals surface area (Å²) >= 11 is 13.3. The van der Waals surface area contributed by atoms with Gasteiger partial charge in [-0.25, -0.2) is 0 Å². The Morgan fingerprint density at radius 2 is 2.05 bits per heavy atom. The first kappa shape index (κ1) is 17.1. The van der Waals surface area contributed by atoms with Gasteiger partial charge < -0.3 is 4.74 Å². The summed E-state index contributed by atoms with van der Waals surface area (Å²) in [5.74, 6) is 0.268. The van der Waals surface area contributed by atoms with E-state index in [0.29, 0.717) is 39.4 Å². The van der Waals surface area contributed by atoms with Gasteiger partial charge in [-0.05, 0) is 31.2 Å². The first-order valence-electron chi connectivity index (χ1n) is 6.03. The number of ether oxygens (including phenoxy) is 1. The van der Waals surface area contributed by atoms with Gasteiger partial charge in [-0.2, -0.15) is 0 Å². The van der Waals surface area contributed by atoms with Gasteiger partial charge in [0.1, 0.15) is 0 Å². The maximum absolute atomic E-state index is 11.1. The van der Waals surface area contributed by atoms with E-state index in [-0.39, 0.29) is 5.97 Å². The molecule has 0 fully saturated rings. The van der Waals surface area contributed by atoms with E-state index in [9.17, 15) is 4.79 Å². The molecule has 20 heavy (non-hydrogen) atoms. The summed E-state index contributed by atoms with van der Waals surface area (Å²) in [6, 6.07) is 5.25. The first-order valence-corrected chi connectivity index (χ1v) is 7.77. The highest BCUT2D eigenvalue weighted by atomic mass is 35.5. The molecule has 0 saturated carbocycles. The molecule has 0 aliphatic heterocycles. The normalized spacial score (nSPS) is 10.8. The molecule has 0 aliphatic carbocycles. The van der Waals surface area contributed by atoms with E-state index >= 15 is 0 Å². The van der Waals surface area contributed by atoms with Crippen LogP contribution in [-0.4, -0.2) is 23.4 Å². The van der Waals surface area contributed by atoms with Crippen molar-refractivity contribution in [3.8, 4) is 0 Å². The van der Waals surface area contributed by atoms with E-state index in [0.717, 1.165) is 0 Å². The summed E-state index contributed by atoms with van der Waals surface area (Å²) in [6.45, 7) is 2.15. The van der Waals surface area contributed by atoms with Gasteiger partial charge in [0.05, 0.1) is 18.1 Å². The molecule has 108 valence electrons. The van der Waals surface area contributed by atoms with Crippen LogP contribution in [0.4, 0.5) is 0 Å². The van der Waals surface area contributed by atoms with Crippen molar-refractivity contribution in [2.24, 2.45) is 0 Å². The third-order valence-corrected chi connectivity index (χ3v) is 3.78. The molecule has 0 spiro atoms. The molecule has 0 amide bonds. The van der Waals surface area contributed by atoms with Crippen LogP contribution in [0.25, 0.3) is 6.08 Å². The van der Waals surface area contributed by atoms with Crippen LogP contribution in [0.15, 0.2) is 24.3 Å². The highest BCUT2D eigenvalue weighted by Crippen LogP contribution is 2.25. The number of carbonyl (C=O) groups is 1. The number of carbonyl (C=O) groups excluding carboxylic acids is 1. The summed E-state index contributed by atoms with van der Waals surface area (Å²) in [5.41, 5.74) is 0.687. The minimum atomic E-state index is -0.245. The zero-order chi connectivity index (χ0) is 15.0. The fraction of sp³-hybridized carbons (Fsp3) is 0.286. The Hall–Kier alpha value is -0.970. The molecule has 0 aromatic heterocycles. The molecule has 0 atom stereocenters. The first-order chi connectivity index (χ1) is 9.54. The number of halogens is 2. The summed E-state index contributed by atoms with van der Waals surface area (Å²) in [6.07, 6.45) is 3.61. The summed E-state index contributed by atoms with van der Waals surface area (Å²) in [5, 5.41) is 9.18. The van der Waals surface area contributed by atoms with Crippen LogP contribution in [0.1, 0.15) is 18.9 Å². The molecule has 0 heterocycles. The smallest absolute Gasteiger partial charge is 0.306 e. The maximum Gasteiger partial charge on any atom is 0.306 e. The highest BCUT2D eigenvalue weighted by molar-refractivity contribution is 8.14. The van der Waals surface area contributed by atoms with Gasteiger partial charge >= 0.3 is 5.97 Å². The van der Waals surface area contributed by atoms with Gasteiger partial charge in [-0.3, -0.25) is 10.2 Å². The molecule has 0 aliphatic rings. The summed E-state index contributed by atoms with van der Waals surface area (Å²) in [4.78, 5) is 11.1. The zero-order valence-electron chi connectivity index (χ0n) is 11.0. The van der Waals surface area contributed by atoms with Crippen molar-refractivity contribution < 1.29 is 9.53 Å². The quantitative estimate of drug-likeness (QED) is 0.468. The predicted octanol–water partition coefficient (Wildman–Crippen LogP) is 4.67. The van der Waals surface area contributed by atoms with E-state index in [1.54, 1.807) is 37.3 Å². The average molecular weight is 332 g/mol. The molecule has 0 saturated heterocycles. The van der Waals surface area contributed by atoms with Crippen molar-refractivity contribution >= 4 is 52.1 Å². The molecule has 1 aromatic carbocycles. The fourth-order valence-corrected chi connectivity index (χ4v) is 2.53. The van der Waals surface area contributed by atoms with Crippen LogP contribution in [0.5, 0.6) is 0 Å². The average Bonchev–Trinajstić information content (AvgIpc) is 2.38. The molecule has 0 radical (unpaired) electrons. The molecule has 1 rings (SSSR count). The van der Waals surface area contributed by atoms with Gasteiger partial charge in [0.2, 0.25) is 0 Å². The zero-order valence-corrected chi connectivity index (χ0v) is 13.3. The van der Waals surface area contributed by atoms with Crippen molar-refractivity contribution in [1.29, 1.82) is 5.41 Å².